The lowest BCUT2D eigenvalue weighted by Gasteiger charge is -2.60. The van der Waals surface area contributed by atoms with Crippen LogP contribution >= 0.6 is 0 Å². The van der Waals surface area contributed by atoms with Crippen LogP contribution in [0.2, 0.25) is 0 Å². The molecule has 0 radical (unpaired) electrons. The molecule has 0 aromatic heterocycles. The standard InChI is InChI=1S/C35H58O10/c1-18-28(36)26(40-6)17-27(42-18)44-20(3)35(39)15-12-25-23-9-8-21-16-22(10-13-33(21,4)24(23)11-14-34(25,35)5)45-32-30(38)31(41-7)29(37)19(2)43-32/h8-9,18-32,36-39H,10-17H2,1-7H3/t18-,19-,20-,21+,22+,23-,24+,25+,26-,27+,28-,29+,30-,31+,32+,33+,34+,35+/m1/s1. The minimum atomic E-state index is -1.05. The topological polar surface area (TPSA) is 136 Å². The Morgan fingerprint density at radius 3 is 2.24 bits per heavy atom. The van der Waals surface area contributed by atoms with Gasteiger partial charge in [-0.05, 0) is 94.8 Å². The van der Waals surface area contributed by atoms with Gasteiger partial charge in [0.05, 0.1) is 36.1 Å². The lowest BCUT2D eigenvalue weighted by atomic mass is 9.46. The molecule has 45 heavy (non-hydrogen) atoms. The molecule has 0 aromatic rings. The Morgan fingerprint density at radius 1 is 0.822 bits per heavy atom. The largest absolute Gasteiger partial charge is 0.388 e. The van der Waals surface area contributed by atoms with Crippen LogP contribution in [0.1, 0.15) is 86.0 Å². The van der Waals surface area contributed by atoms with E-state index in [0.29, 0.717) is 36.5 Å². The Labute approximate surface area is 268 Å². The average molecular weight is 639 g/mol. The molecule has 4 aliphatic carbocycles. The Balaban J connectivity index is 1.13. The van der Waals surface area contributed by atoms with Crippen LogP contribution in [0.25, 0.3) is 0 Å². The van der Waals surface area contributed by atoms with Gasteiger partial charge in [0.1, 0.15) is 24.4 Å². The zero-order chi connectivity index (χ0) is 32.5. The molecule has 10 heteroatoms. The lowest BCUT2D eigenvalue weighted by molar-refractivity contribution is -0.311. The number of aliphatic hydroxyl groups excluding tert-OH is 3. The Bertz CT molecular complexity index is 1070. The second-order valence-corrected chi connectivity index (χ2v) is 15.7. The summed E-state index contributed by atoms with van der Waals surface area (Å²) in [4.78, 5) is 0. The van der Waals surface area contributed by atoms with E-state index in [1.807, 2.05) is 13.8 Å². The molecule has 0 spiro atoms. The van der Waals surface area contributed by atoms with Crippen LogP contribution in [0, 0.1) is 34.5 Å². The van der Waals surface area contributed by atoms with Crippen molar-refractivity contribution in [1.29, 1.82) is 0 Å². The van der Waals surface area contributed by atoms with E-state index in [2.05, 4.69) is 26.0 Å². The van der Waals surface area contributed by atoms with E-state index in [0.717, 1.165) is 38.5 Å². The fourth-order valence-electron chi connectivity index (χ4n) is 10.7. The molecular formula is C35H58O10. The smallest absolute Gasteiger partial charge is 0.186 e. The second kappa shape index (κ2) is 12.7. The van der Waals surface area contributed by atoms with Crippen LogP contribution in [0.5, 0.6) is 0 Å². The van der Waals surface area contributed by atoms with Gasteiger partial charge in [-0.2, -0.15) is 0 Å². The number of aliphatic hydroxyl groups is 4. The molecule has 0 aromatic carbocycles. The normalized spacial score (nSPS) is 55.4. The predicted octanol–water partition coefficient (Wildman–Crippen LogP) is 3.32. The molecule has 258 valence electrons. The maximum absolute atomic E-state index is 12.4. The van der Waals surface area contributed by atoms with Crippen molar-refractivity contribution in [3.63, 3.8) is 0 Å². The highest BCUT2D eigenvalue weighted by Gasteiger charge is 2.66. The van der Waals surface area contributed by atoms with Crippen molar-refractivity contribution < 1.29 is 48.8 Å². The molecule has 3 saturated carbocycles. The van der Waals surface area contributed by atoms with Crippen LogP contribution in [-0.2, 0) is 28.4 Å². The molecule has 0 bridgehead atoms. The molecule has 0 unspecified atom stereocenters. The molecule has 0 amide bonds. The summed E-state index contributed by atoms with van der Waals surface area (Å²) < 4.78 is 35.6. The van der Waals surface area contributed by atoms with Gasteiger partial charge in [0.15, 0.2) is 12.6 Å². The van der Waals surface area contributed by atoms with Crippen LogP contribution in [0.4, 0.5) is 0 Å². The summed E-state index contributed by atoms with van der Waals surface area (Å²) in [7, 11) is 3.09. The van der Waals surface area contributed by atoms with Gasteiger partial charge in [0.2, 0.25) is 0 Å². The van der Waals surface area contributed by atoms with E-state index < -0.39 is 60.9 Å². The van der Waals surface area contributed by atoms with E-state index >= 15 is 0 Å². The second-order valence-electron chi connectivity index (χ2n) is 15.7. The van der Waals surface area contributed by atoms with Crippen LogP contribution in [0.3, 0.4) is 0 Å². The van der Waals surface area contributed by atoms with Crippen molar-refractivity contribution in [2.75, 3.05) is 14.2 Å². The highest BCUT2D eigenvalue weighted by Crippen LogP contribution is 2.67. The van der Waals surface area contributed by atoms with Gasteiger partial charge in [-0.25, -0.2) is 0 Å². The van der Waals surface area contributed by atoms with Crippen molar-refractivity contribution in [2.24, 2.45) is 34.5 Å². The number of fused-ring (bicyclic) bond motifs is 5. The molecule has 2 saturated heterocycles. The van der Waals surface area contributed by atoms with E-state index in [1.165, 1.54) is 7.11 Å². The quantitative estimate of drug-likeness (QED) is 0.308. The van der Waals surface area contributed by atoms with Crippen LogP contribution in [0.15, 0.2) is 12.2 Å². The van der Waals surface area contributed by atoms with Gasteiger partial charge >= 0.3 is 0 Å². The molecule has 18 atom stereocenters. The van der Waals surface area contributed by atoms with Gasteiger partial charge in [-0.1, -0.05) is 26.0 Å². The minimum absolute atomic E-state index is 0.0455. The van der Waals surface area contributed by atoms with E-state index in [9.17, 15) is 20.4 Å². The zero-order valence-electron chi connectivity index (χ0n) is 28.2. The summed E-state index contributed by atoms with van der Waals surface area (Å²) >= 11 is 0. The third-order valence-corrected chi connectivity index (χ3v) is 13.7. The third kappa shape index (κ3) is 5.57. The highest BCUT2D eigenvalue weighted by molar-refractivity contribution is 5.21. The molecule has 4 N–H and O–H groups in total. The summed E-state index contributed by atoms with van der Waals surface area (Å²) in [6, 6.07) is 0. The molecule has 2 heterocycles. The first-order chi connectivity index (χ1) is 21.3. The molecule has 2 aliphatic heterocycles. The minimum Gasteiger partial charge on any atom is -0.388 e. The first kappa shape index (κ1) is 34.2. The highest BCUT2D eigenvalue weighted by atomic mass is 16.7. The lowest BCUT2D eigenvalue weighted by Crippen LogP contribution is -2.60. The van der Waals surface area contributed by atoms with Gasteiger partial charge in [0.25, 0.3) is 0 Å². The number of allylic oxidation sites excluding steroid dienone is 2. The maximum atomic E-state index is 12.4. The predicted molar refractivity (Wildman–Crippen MR) is 165 cm³/mol. The number of ether oxygens (including phenoxy) is 6. The summed E-state index contributed by atoms with van der Waals surface area (Å²) in [5, 5.41) is 44.0. The Hall–Kier alpha value is -0.660. The molecule has 5 fully saturated rings. The van der Waals surface area contributed by atoms with Gasteiger partial charge in [0, 0.05) is 26.1 Å². The first-order valence-corrected chi connectivity index (χ1v) is 17.4. The molecule has 6 aliphatic rings. The zero-order valence-corrected chi connectivity index (χ0v) is 28.2. The Morgan fingerprint density at radius 2 is 1.53 bits per heavy atom. The first-order valence-electron chi connectivity index (χ1n) is 17.4. The SMILES string of the molecule is CO[C@H]1[C@@H](O)[C@@H](C)O[C@@H](O[C@H]2CC[C@@]3(C)[C@@H](C=C[C@@H]4[C@@H]3CC[C@@]3(C)[C@H]4CC[C@]3(O)[C@@H](C)O[C@H]3C[C@@H](OC)[C@H](O)[C@@H](C)O3)C2)[C@@H]1O. The molecule has 10 nitrogen and oxygen atoms in total. The summed E-state index contributed by atoms with van der Waals surface area (Å²) in [5.41, 5.74) is -1.12. The van der Waals surface area contributed by atoms with Gasteiger partial charge < -0.3 is 48.8 Å². The number of hydrogen-bond acceptors (Lipinski definition) is 10. The fraction of sp³-hybridized carbons (Fsp3) is 0.943. The molecular weight excluding hydrogens is 580 g/mol. The molecule has 6 rings (SSSR count). The van der Waals surface area contributed by atoms with Crippen LogP contribution in [-0.4, -0.2) is 108 Å². The van der Waals surface area contributed by atoms with Crippen molar-refractivity contribution in [3.8, 4) is 0 Å². The van der Waals surface area contributed by atoms with Crippen molar-refractivity contribution in [1.82, 2.24) is 0 Å². The van der Waals surface area contributed by atoms with E-state index in [4.69, 9.17) is 28.4 Å². The monoisotopic (exact) mass is 638 g/mol. The summed E-state index contributed by atoms with van der Waals surface area (Å²) in [6.45, 7) is 10.3. The van der Waals surface area contributed by atoms with Crippen molar-refractivity contribution in [3.05, 3.63) is 12.2 Å². The number of rotatable bonds is 7. The fourth-order valence-corrected chi connectivity index (χ4v) is 10.7. The van der Waals surface area contributed by atoms with E-state index in [-0.39, 0.29) is 23.0 Å². The summed E-state index contributed by atoms with van der Waals surface area (Å²) in [5.74, 6) is 1.65. The van der Waals surface area contributed by atoms with Gasteiger partial charge in [-0.3, -0.25) is 0 Å². The average Bonchev–Trinajstić information content (AvgIpc) is 3.29. The van der Waals surface area contributed by atoms with Crippen molar-refractivity contribution in [2.45, 2.75) is 159 Å². The van der Waals surface area contributed by atoms with Crippen LogP contribution < -0.4 is 0 Å². The maximum Gasteiger partial charge on any atom is 0.186 e. The number of methoxy groups -OCH3 is 2. The third-order valence-electron chi connectivity index (χ3n) is 13.7. The van der Waals surface area contributed by atoms with Gasteiger partial charge in [-0.15, -0.1) is 0 Å². The number of hydrogen-bond donors (Lipinski definition) is 4. The van der Waals surface area contributed by atoms with Crippen molar-refractivity contribution >= 4 is 0 Å². The van der Waals surface area contributed by atoms with E-state index in [1.54, 1.807) is 14.0 Å². The Kier molecular flexibility index (Phi) is 9.62. The summed E-state index contributed by atoms with van der Waals surface area (Å²) in [6.07, 6.45) is 5.25.